The van der Waals surface area contributed by atoms with E-state index in [4.69, 9.17) is 0 Å². The second-order valence-corrected chi connectivity index (χ2v) is 7.95. The molecule has 5 heteroatoms. The van der Waals surface area contributed by atoms with Gasteiger partial charge in [0.15, 0.2) is 9.84 Å². The molecule has 0 aliphatic carbocycles. The van der Waals surface area contributed by atoms with E-state index in [9.17, 15) is 8.42 Å². The molecule has 4 nitrogen and oxygen atoms in total. The Morgan fingerprint density at radius 3 is 2.53 bits per heavy atom. The van der Waals surface area contributed by atoms with Crippen molar-refractivity contribution in [2.24, 2.45) is 0 Å². The smallest absolute Gasteiger partial charge is 0.151 e. The number of rotatable bonds is 5. The molecule has 1 N–H and O–H groups in total. The summed E-state index contributed by atoms with van der Waals surface area (Å²) < 4.78 is 23.1. The largest absolute Gasteiger partial charge is 0.311 e. The van der Waals surface area contributed by atoms with Crippen LogP contribution in [-0.4, -0.2) is 56.0 Å². The molecule has 0 bridgehead atoms. The SMILES string of the molecule is CCC1CN(CCS(=O)(=O)CC)C(C)(C)CN1. The number of piperazine rings is 1. The van der Waals surface area contributed by atoms with Gasteiger partial charge in [-0.25, -0.2) is 8.42 Å². The van der Waals surface area contributed by atoms with Crippen LogP contribution in [0.25, 0.3) is 0 Å². The average molecular weight is 262 g/mol. The molecule has 1 unspecified atom stereocenters. The van der Waals surface area contributed by atoms with E-state index < -0.39 is 9.84 Å². The van der Waals surface area contributed by atoms with Gasteiger partial charge in [-0.2, -0.15) is 0 Å². The van der Waals surface area contributed by atoms with Gasteiger partial charge in [-0.3, -0.25) is 4.90 Å². The summed E-state index contributed by atoms with van der Waals surface area (Å²) in [5, 5.41) is 3.51. The lowest BCUT2D eigenvalue weighted by molar-refractivity contribution is 0.0716. The van der Waals surface area contributed by atoms with Crippen LogP contribution in [0.2, 0.25) is 0 Å². The molecule has 1 saturated heterocycles. The van der Waals surface area contributed by atoms with Gasteiger partial charge in [0, 0.05) is 37.0 Å². The van der Waals surface area contributed by atoms with E-state index >= 15 is 0 Å². The van der Waals surface area contributed by atoms with Crippen LogP contribution < -0.4 is 5.32 Å². The first kappa shape index (κ1) is 14.9. The first-order valence-corrected chi connectivity index (χ1v) is 8.31. The lowest BCUT2D eigenvalue weighted by Gasteiger charge is -2.46. The van der Waals surface area contributed by atoms with Crippen molar-refractivity contribution >= 4 is 9.84 Å². The predicted molar refractivity (Wildman–Crippen MR) is 72.1 cm³/mol. The van der Waals surface area contributed by atoms with Crippen LogP contribution in [0.3, 0.4) is 0 Å². The number of nitrogens with zero attached hydrogens (tertiary/aromatic N) is 1. The molecule has 0 aromatic carbocycles. The van der Waals surface area contributed by atoms with E-state index in [1.807, 2.05) is 0 Å². The highest BCUT2D eigenvalue weighted by atomic mass is 32.2. The predicted octanol–water partition coefficient (Wildman–Crippen LogP) is 0.884. The maximum atomic E-state index is 11.6. The summed E-state index contributed by atoms with van der Waals surface area (Å²) in [6.45, 7) is 10.8. The van der Waals surface area contributed by atoms with Gasteiger partial charge >= 0.3 is 0 Å². The maximum Gasteiger partial charge on any atom is 0.151 e. The lowest BCUT2D eigenvalue weighted by Crippen LogP contribution is -2.62. The fourth-order valence-corrected chi connectivity index (χ4v) is 2.93. The molecule has 102 valence electrons. The molecular weight excluding hydrogens is 236 g/mol. The van der Waals surface area contributed by atoms with Crippen LogP contribution in [0.4, 0.5) is 0 Å². The molecular formula is C12H26N2O2S. The van der Waals surface area contributed by atoms with Crippen molar-refractivity contribution in [3.8, 4) is 0 Å². The molecule has 1 aliphatic heterocycles. The molecule has 0 saturated carbocycles. The highest BCUT2D eigenvalue weighted by molar-refractivity contribution is 7.91. The van der Waals surface area contributed by atoms with Crippen molar-refractivity contribution in [1.82, 2.24) is 10.2 Å². The van der Waals surface area contributed by atoms with E-state index in [1.54, 1.807) is 6.92 Å². The monoisotopic (exact) mass is 262 g/mol. The molecule has 1 aliphatic rings. The minimum Gasteiger partial charge on any atom is -0.311 e. The number of hydrogen-bond donors (Lipinski definition) is 1. The van der Waals surface area contributed by atoms with E-state index in [0.717, 1.165) is 19.5 Å². The Morgan fingerprint density at radius 1 is 1.35 bits per heavy atom. The van der Waals surface area contributed by atoms with Crippen molar-refractivity contribution in [2.45, 2.75) is 45.7 Å². The minimum atomic E-state index is -2.86. The molecule has 1 fully saturated rings. The molecule has 0 aromatic heterocycles. The third kappa shape index (κ3) is 4.23. The zero-order valence-corrected chi connectivity index (χ0v) is 12.3. The van der Waals surface area contributed by atoms with E-state index in [0.29, 0.717) is 12.6 Å². The molecule has 0 spiro atoms. The number of nitrogens with one attached hydrogen (secondary N) is 1. The Labute approximate surface area is 106 Å². The Balaban J connectivity index is 2.60. The molecule has 0 aromatic rings. The number of sulfone groups is 1. The zero-order chi connectivity index (χ0) is 13.1. The standard InChI is InChI=1S/C12H26N2O2S/c1-5-11-9-14(12(3,4)10-13-11)7-8-17(15,16)6-2/h11,13H,5-10H2,1-4H3. The van der Waals surface area contributed by atoms with Gasteiger partial charge in [0.2, 0.25) is 0 Å². The fraction of sp³-hybridized carbons (Fsp3) is 1.00. The first-order valence-electron chi connectivity index (χ1n) is 6.49. The Kier molecular flexibility index (Phi) is 4.98. The van der Waals surface area contributed by atoms with Gasteiger partial charge in [-0.15, -0.1) is 0 Å². The summed E-state index contributed by atoms with van der Waals surface area (Å²) in [5.41, 5.74) is 0.0505. The average Bonchev–Trinajstić information content (AvgIpc) is 2.27. The van der Waals surface area contributed by atoms with Gasteiger partial charge in [0.1, 0.15) is 0 Å². The van der Waals surface area contributed by atoms with E-state index in [1.165, 1.54) is 0 Å². The fourth-order valence-electron chi connectivity index (χ4n) is 2.14. The van der Waals surface area contributed by atoms with Crippen molar-refractivity contribution in [3.63, 3.8) is 0 Å². The Hall–Kier alpha value is -0.130. The third-order valence-electron chi connectivity index (χ3n) is 3.73. The van der Waals surface area contributed by atoms with Gasteiger partial charge in [-0.05, 0) is 20.3 Å². The van der Waals surface area contributed by atoms with Crippen LogP contribution >= 0.6 is 0 Å². The van der Waals surface area contributed by atoms with Crippen molar-refractivity contribution < 1.29 is 8.42 Å². The second kappa shape index (κ2) is 5.67. The minimum absolute atomic E-state index is 0.0505. The van der Waals surface area contributed by atoms with Crippen LogP contribution in [0.15, 0.2) is 0 Å². The van der Waals surface area contributed by atoms with Crippen LogP contribution in [-0.2, 0) is 9.84 Å². The first-order chi connectivity index (χ1) is 7.80. The van der Waals surface area contributed by atoms with Gasteiger partial charge in [0.25, 0.3) is 0 Å². The Bertz CT molecular complexity index is 338. The summed E-state index contributed by atoms with van der Waals surface area (Å²) in [7, 11) is -2.86. The lowest BCUT2D eigenvalue weighted by atomic mass is 9.97. The van der Waals surface area contributed by atoms with E-state index in [2.05, 4.69) is 31.0 Å². The van der Waals surface area contributed by atoms with Crippen LogP contribution in [0.5, 0.6) is 0 Å². The second-order valence-electron chi connectivity index (χ2n) is 5.48. The van der Waals surface area contributed by atoms with Gasteiger partial charge in [0.05, 0.1) is 5.75 Å². The summed E-state index contributed by atoms with van der Waals surface area (Å²) >= 11 is 0. The molecule has 17 heavy (non-hydrogen) atoms. The van der Waals surface area contributed by atoms with Crippen molar-refractivity contribution in [1.29, 1.82) is 0 Å². The van der Waals surface area contributed by atoms with Crippen molar-refractivity contribution in [2.75, 3.05) is 31.1 Å². The van der Waals surface area contributed by atoms with Crippen LogP contribution in [0.1, 0.15) is 34.1 Å². The molecule has 0 amide bonds. The van der Waals surface area contributed by atoms with E-state index in [-0.39, 0.29) is 17.0 Å². The zero-order valence-electron chi connectivity index (χ0n) is 11.5. The quantitative estimate of drug-likeness (QED) is 0.799. The van der Waals surface area contributed by atoms with Gasteiger partial charge in [-0.1, -0.05) is 13.8 Å². The summed E-state index contributed by atoms with van der Waals surface area (Å²) in [6, 6.07) is 0.493. The highest BCUT2D eigenvalue weighted by Gasteiger charge is 2.33. The summed E-state index contributed by atoms with van der Waals surface area (Å²) in [4.78, 5) is 2.31. The summed E-state index contributed by atoms with van der Waals surface area (Å²) in [6.07, 6.45) is 1.09. The topological polar surface area (TPSA) is 49.4 Å². The maximum absolute atomic E-state index is 11.6. The molecule has 1 atom stereocenters. The number of hydrogen-bond acceptors (Lipinski definition) is 4. The molecule has 0 radical (unpaired) electrons. The normalized spacial score (nSPS) is 26.0. The summed E-state index contributed by atoms with van der Waals surface area (Å²) in [5.74, 6) is 0.528. The van der Waals surface area contributed by atoms with Crippen molar-refractivity contribution in [3.05, 3.63) is 0 Å². The molecule has 1 heterocycles. The Morgan fingerprint density at radius 2 is 2.00 bits per heavy atom. The van der Waals surface area contributed by atoms with Gasteiger partial charge < -0.3 is 5.32 Å². The highest BCUT2D eigenvalue weighted by Crippen LogP contribution is 2.19. The molecule has 1 rings (SSSR count). The van der Waals surface area contributed by atoms with Crippen LogP contribution in [0, 0.1) is 0 Å². The third-order valence-corrected chi connectivity index (χ3v) is 5.41.